The number of fused-ring (bicyclic) bond motifs is 10. The largest absolute Gasteiger partial charge is 0.455 e. The molecule has 6 heteroatoms. The van der Waals surface area contributed by atoms with Gasteiger partial charge in [0.25, 0.3) is 0 Å². The third-order valence-corrected chi connectivity index (χ3v) is 11.2. The van der Waals surface area contributed by atoms with Gasteiger partial charge in [0.2, 0.25) is 0 Å². The molecular formula is C51H31N5O. The molecule has 266 valence electrons. The van der Waals surface area contributed by atoms with Crippen molar-refractivity contribution in [2.45, 2.75) is 0 Å². The van der Waals surface area contributed by atoms with Crippen LogP contribution in [-0.2, 0) is 0 Å². The molecule has 4 heterocycles. The van der Waals surface area contributed by atoms with Crippen LogP contribution in [0.15, 0.2) is 192 Å². The molecule has 57 heavy (non-hydrogen) atoms. The highest BCUT2D eigenvalue weighted by molar-refractivity contribution is 6.26. The van der Waals surface area contributed by atoms with Gasteiger partial charge in [0.05, 0.1) is 27.5 Å². The molecule has 0 unspecified atom stereocenters. The molecule has 0 bridgehead atoms. The Kier molecular flexibility index (Phi) is 6.83. The number of benzene rings is 8. The Morgan fingerprint density at radius 2 is 0.860 bits per heavy atom. The van der Waals surface area contributed by atoms with Crippen LogP contribution in [0.4, 0.5) is 0 Å². The van der Waals surface area contributed by atoms with Crippen LogP contribution in [0.1, 0.15) is 0 Å². The number of hydrogen-bond donors (Lipinski definition) is 0. The fraction of sp³-hybridized carbons (Fsp3) is 0. The minimum Gasteiger partial charge on any atom is -0.455 e. The van der Waals surface area contributed by atoms with Gasteiger partial charge >= 0.3 is 0 Å². The molecule has 0 fully saturated rings. The number of aromatic nitrogens is 5. The monoisotopic (exact) mass is 729 g/mol. The lowest BCUT2D eigenvalue weighted by molar-refractivity contribution is 0.673. The summed E-state index contributed by atoms with van der Waals surface area (Å²) in [5.74, 6) is 1.90. The molecule has 6 nitrogen and oxygen atoms in total. The maximum atomic E-state index is 6.73. The summed E-state index contributed by atoms with van der Waals surface area (Å²) >= 11 is 0. The Morgan fingerprint density at radius 3 is 1.54 bits per heavy atom. The van der Waals surface area contributed by atoms with Crippen LogP contribution in [0.5, 0.6) is 0 Å². The predicted octanol–water partition coefficient (Wildman–Crippen LogP) is 13.0. The van der Waals surface area contributed by atoms with E-state index in [0.29, 0.717) is 17.5 Å². The molecular weight excluding hydrogens is 699 g/mol. The fourth-order valence-electron chi connectivity index (χ4n) is 8.57. The van der Waals surface area contributed by atoms with Gasteiger partial charge in [0, 0.05) is 55.0 Å². The lowest BCUT2D eigenvalue weighted by Crippen LogP contribution is -2.00. The summed E-state index contributed by atoms with van der Waals surface area (Å²) in [6.45, 7) is 0. The normalized spacial score (nSPS) is 11.9. The molecule has 0 saturated carbocycles. The lowest BCUT2D eigenvalue weighted by Gasteiger charge is -2.11. The minimum atomic E-state index is 0.620. The Hall–Kier alpha value is -7.83. The molecule has 12 rings (SSSR count). The number of nitrogens with zero attached hydrogens (tertiary/aromatic N) is 5. The smallest absolute Gasteiger partial charge is 0.164 e. The Morgan fingerprint density at radius 1 is 0.333 bits per heavy atom. The van der Waals surface area contributed by atoms with Gasteiger partial charge in [0.1, 0.15) is 11.2 Å². The van der Waals surface area contributed by atoms with Crippen LogP contribution in [0.2, 0.25) is 0 Å². The Labute approximate surface area is 326 Å². The third-order valence-electron chi connectivity index (χ3n) is 11.2. The molecule has 0 aliphatic carbocycles. The number of furan rings is 1. The molecule has 0 aliphatic heterocycles. The van der Waals surface area contributed by atoms with Crippen LogP contribution in [0, 0.1) is 0 Å². The average Bonchev–Trinajstić information content (AvgIpc) is 3.93. The first-order chi connectivity index (χ1) is 28.3. The summed E-state index contributed by atoms with van der Waals surface area (Å²) in [5.41, 5.74) is 11.2. The van der Waals surface area contributed by atoms with Crippen molar-refractivity contribution in [3.63, 3.8) is 0 Å². The second-order valence-electron chi connectivity index (χ2n) is 14.4. The van der Waals surface area contributed by atoms with Crippen molar-refractivity contribution >= 4 is 65.6 Å². The van der Waals surface area contributed by atoms with E-state index in [1.54, 1.807) is 0 Å². The first-order valence-electron chi connectivity index (χ1n) is 19.1. The highest BCUT2D eigenvalue weighted by Crippen LogP contribution is 2.44. The van der Waals surface area contributed by atoms with Crippen LogP contribution in [-0.4, -0.2) is 24.1 Å². The van der Waals surface area contributed by atoms with Gasteiger partial charge in [-0.3, -0.25) is 0 Å². The number of hydrogen-bond acceptors (Lipinski definition) is 4. The molecule has 0 N–H and O–H groups in total. The van der Waals surface area contributed by atoms with E-state index < -0.39 is 0 Å². The number of rotatable bonds is 5. The molecule has 0 aliphatic rings. The molecule has 0 amide bonds. The molecule has 0 spiro atoms. The summed E-state index contributed by atoms with van der Waals surface area (Å²) in [7, 11) is 0. The zero-order valence-corrected chi connectivity index (χ0v) is 30.5. The first kappa shape index (κ1) is 31.5. The Bertz CT molecular complexity index is 3430. The molecule has 0 saturated heterocycles. The van der Waals surface area contributed by atoms with Gasteiger partial charge in [-0.2, -0.15) is 0 Å². The second-order valence-corrected chi connectivity index (χ2v) is 14.4. The van der Waals surface area contributed by atoms with E-state index in [-0.39, 0.29) is 0 Å². The van der Waals surface area contributed by atoms with Gasteiger partial charge in [-0.15, -0.1) is 0 Å². The van der Waals surface area contributed by atoms with Crippen molar-refractivity contribution in [1.82, 2.24) is 24.1 Å². The van der Waals surface area contributed by atoms with Crippen molar-refractivity contribution < 1.29 is 4.42 Å². The number of para-hydroxylation sites is 3. The van der Waals surface area contributed by atoms with E-state index in [1.165, 1.54) is 16.3 Å². The van der Waals surface area contributed by atoms with Crippen molar-refractivity contribution in [1.29, 1.82) is 0 Å². The van der Waals surface area contributed by atoms with E-state index in [2.05, 4.69) is 130 Å². The average molecular weight is 730 g/mol. The molecule has 0 radical (unpaired) electrons. The van der Waals surface area contributed by atoms with Gasteiger partial charge < -0.3 is 13.6 Å². The summed E-state index contributed by atoms with van der Waals surface area (Å²) in [6, 6.07) is 65.5. The maximum Gasteiger partial charge on any atom is 0.164 e. The van der Waals surface area contributed by atoms with Crippen molar-refractivity contribution in [2.75, 3.05) is 0 Å². The second kappa shape index (κ2) is 12.3. The zero-order valence-electron chi connectivity index (χ0n) is 30.5. The van der Waals surface area contributed by atoms with Gasteiger partial charge in [0.15, 0.2) is 17.5 Å². The van der Waals surface area contributed by atoms with Crippen LogP contribution >= 0.6 is 0 Å². The molecule has 12 aromatic rings. The third kappa shape index (κ3) is 4.87. The van der Waals surface area contributed by atoms with Crippen molar-refractivity contribution in [3.05, 3.63) is 188 Å². The highest BCUT2D eigenvalue weighted by atomic mass is 16.3. The van der Waals surface area contributed by atoms with E-state index in [9.17, 15) is 0 Å². The SMILES string of the molecule is c1ccc(-c2nc(-c3ccccc3)nc(-c3ccc(-n4c5cc6c(cc5c5c7oc8ccccc8c7ccc54)c4ccccc4n6-c4ccccc4)cc3)n2)cc1. The minimum absolute atomic E-state index is 0.620. The lowest BCUT2D eigenvalue weighted by atomic mass is 10.1. The highest BCUT2D eigenvalue weighted by Gasteiger charge is 2.22. The molecule has 8 aromatic carbocycles. The van der Waals surface area contributed by atoms with E-state index in [0.717, 1.165) is 77.3 Å². The van der Waals surface area contributed by atoms with Crippen LogP contribution < -0.4 is 0 Å². The molecule has 0 atom stereocenters. The van der Waals surface area contributed by atoms with Gasteiger partial charge in [-0.05, 0) is 72.8 Å². The summed E-state index contributed by atoms with van der Waals surface area (Å²) in [5, 5.41) is 6.87. The van der Waals surface area contributed by atoms with Crippen molar-refractivity contribution in [2.24, 2.45) is 0 Å². The standard InChI is InChI=1S/C51H31N5O/c1-4-14-32(15-5-1)49-52-50(33-16-6-2-7-17-33)54-51(53-49)34-24-26-36(27-25-34)56-43-29-28-39-38-21-11-13-23-46(38)57-48(39)47(43)41-30-40-37-20-10-12-22-42(37)55(44(40)31-45(41)56)35-18-8-3-9-19-35/h1-31H. The van der Waals surface area contributed by atoms with E-state index in [4.69, 9.17) is 19.4 Å². The summed E-state index contributed by atoms with van der Waals surface area (Å²) < 4.78 is 11.5. The van der Waals surface area contributed by atoms with Gasteiger partial charge in [-0.1, -0.05) is 115 Å². The van der Waals surface area contributed by atoms with Crippen molar-refractivity contribution in [3.8, 4) is 45.5 Å². The predicted molar refractivity (Wildman–Crippen MR) is 232 cm³/mol. The van der Waals surface area contributed by atoms with E-state index >= 15 is 0 Å². The van der Waals surface area contributed by atoms with Crippen LogP contribution in [0.25, 0.3) is 111 Å². The quantitative estimate of drug-likeness (QED) is 0.177. The summed E-state index contributed by atoms with van der Waals surface area (Å²) in [6.07, 6.45) is 0. The first-order valence-corrected chi connectivity index (χ1v) is 19.1. The van der Waals surface area contributed by atoms with Crippen LogP contribution in [0.3, 0.4) is 0 Å². The van der Waals surface area contributed by atoms with Gasteiger partial charge in [-0.25, -0.2) is 15.0 Å². The maximum absolute atomic E-state index is 6.73. The summed E-state index contributed by atoms with van der Waals surface area (Å²) in [4.78, 5) is 14.9. The fourth-order valence-corrected chi connectivity index (χ4v) is 8.57. The Balaban J connectivity index is 1.11. The van der Waals surface area contributed by atoms with E-state index in [1.807, 2.05) is 66.7 Å². The molecule has 4 aromatic heterocycles. The topological polar surface area (TPSA) is 61.7 Å². The zero-order chi connectivity index (χ0) is 37.5.